The van der Waals surface area contributed by atoms with E-state index < -0.39 is 5.60 Å². The fraction of sp³-hybridized carbons (Fsp3) is 0.429. The van der Waals surface area contributed by atoms with Gasteiger partial charge in [0.15, 0.2) is 5.78 Å². The fourth-order valence-electron chi connectivity index (χ4n) is 1.52. The highest BCUT2D eigenvalue weighted by atomic mass is 35.5. The van der Waals surface area contributed by atoms with Gasteiger partial charge in [0.1, 0.15) is 5.60 Å². The van der Waals surface area contributed by atoms with Crippen LogP contribution in [0.5, 0.6) is 0 Å². The number of hydrogen-bond donors (Lipinski definition) is 0. The van der Waals surface area contributed by atoms with Crippen molar-refractivity contribution in [3.05, 3.63) is 34.3 Å². The fourth-order valence-corrected chi connectivity index (χ4v) is 1.85. The molecule has 0 fully saturated rings. The number of esters is 1. The van der Waals surface area contributed by atoms with Crippen LogP contribution in [0, 0.1) is 0 Å². The number of benzene rings is 1. The number of Topliss-reactive ketones (excluding diaryl/α,β-unsaturated/α-hetero) is 1. The molecular formula is C14H17ClO3. The second-order valence-corrected chi connectivity index (χ2v) is 5.48. The Hall–Kier alpha value is -1.35. The first-order valence-corrected chi connectivity index (χ1v) is 6.08. The standard InChI is InChI=1S/C14H17ClO3/c1-9(16)11-7-5-6-10(13(11)15)8-12(17)18-14(2,3)4/h5-7H,8H2,1-4H3. The van der Waals surface area contributed by atoms with E-state index in [9.17, 15) is 9.59 Å². The summed E-state index contributed by atoms with van der Waals surface area (Å²) in [6.07, 6.45) is 0.0667. The molecule has 0 spiro atoms. The van der Waals surface area contributed by atoms with E-state index in [1.54, 1.807) is 39.0 Å². The molecule has 0 unspecified atom stereocenters. The van der Waals surface area contributed by atoms with Crippen LogP contribution in [0.15, 0.2) is 18.2 Å². The molecule has 3 nitrogen and oxygen atoms in total. The molecule has 0 radical (unpaired) electrons. The van der Waals surface area contributed by atoms with Crippen LogP contribution in [0.1, 0.15) is 43.6 Å². The summed E-state index contributed by atoms with van der Waals surface area (Å²) in [7, 11) is 0. The molecule has 0 saturated carbocycles. The Morgan fingerprint density at radius 1 is 1.28 bits per heavy atom. The van der Waals surface area contributed by atoms with Crippen molar-refractivity contribution in [1.82, 2.24) is 0 Å². The average Bonchev–Trinajstić information content (AvgIpc) is 2.17. The molecule has 0 heterocycles. The Morgan fingerprint density at radius 3 is 2.39 bits per heavy atom. The zero-order valence-corrected chi connectivity index (χ0v) is 11.8. The number of ether oxygens (including phenoxy) is 1. The molecule has 0 N–H and O–H groups in total. The van der Waals surface area contributed by atoms with Gasteiger partial charge in [0.2, 0.25) is 0 Å². The van der Waals surface area contributed by atoms with Crippen LogP contribution in [0.3, 0.4) is 0 Å². The number of carbonyl (C=O) groups is 2. The summed E-state index contributed by atoms with van der Waals surface area (Å²) in [5.74, 6) is -0.476. The summed E-state index contributed by atoms with van der Waals surface area (Å²) in [5.41, 5.74) is 0.512. The smallest absolute Gasteiger partial charge is 0.310 e. The Morgan fingerprint density at radius 2 is 1.89 bits per heavy atom. The van der Waals surface area contributed by atoms with Crippen molar-refractivity contribution in [1.29, 1.82) is 0 Å². The minimum Gasteiger partial charge on any atom is -0.460 e. The van der Waals surface area contributed by atoms with Gasteiger partial charge in [-0.2, -0.15) is 0 Å². The Labute approximate surface area is 112 Å². The average molecular weight is 269 g/mol. The van der Waals surface area contributed by atoms with Crippen LogP contribution in [-0.4, -0.2) is 17.4 Å². The van der Waals surface area contributed by atoms with E-state index in [1.807, 2.05) is 0 Å². The minimum absolute atomic E-state index is 0.0667. The van der Waals surface area contributed by atoms with E-state index in [4.69, 9.17) is 16.3 Å². The normalized spacial score (nSPS) is 11.2. The lowest BCUT2D eigenvalue weighted by Gasteiger charge is -2.19. The quantitative estimate of drug-likeness (QED) is 0.623. The summed E-state index contributed by atoms with van der Waals surface area (Å²) in [6.45, 7) is 6.86. The van der Waals surface area contributed by atoms with Gasteiger partial charge in [-0.3, -0.25) is 9.59 Å². The SMILES string of the molecule is CC(=O)c1cccc(CC(=O)OC(C)(C)C)c1Cl. The Bertz CT molecular complexity index is 472. The van der Waals surface area contributed by atoms with E-state index in [0.717, 1.165) is 0 Å². The maximum Gasteiger partial charge on any atom is 0.310 e. The van der Waals surface area contributed by atoms with E-state index in [0.29, 0.717) is 16.1 Å². The van der Waals surface area contributed by atoms with Gasteiger partial charge in [0.05, 0.1) is 11.4 Å². The first kappa shape index (κ1) is 14.7. The van der Waals surface area contributed by atoms with Crippen molar-refractivity contribution in [3.63, 3.8) is 0 Å². The Kier molecular flexibility index (Phi) is 4.52. The van der Waals surface area contributed by atoms with Crippen LogP contribution in [0.2, 0.25) is 5.02 Å². The maximum absolute atomic E-state index is 11.7. The van der Waals surface area contributed by atoms with Gasteiger partial charge in [-0.05, 0) is 39.3 Å². The lowest BCUT2D eigenvalue weighted by molar-refractivity contribution is -0.153. The summed E-state index contributed by atoms with van der Waals surface area (Å²) >= 11 is 6.09. The third-order valence-corrected chi connectivity index (χ3v) is 2.66. The first-order valence-electron chi connectivity index (χ1n) is 5.71. The molecule has 1 aromatic rings. The van der Waals surface area contributed by atoms with E-state index in [1.165, 1.54) is 6.92 Å². The third kappa shape index (κ3) is 4.15. The number of hydrogen-bond acceptors (Lipinski definition) is 3. The topological polar surface area (TPSA) is 43.4 Å². The van der Waals surface area contributed by atoms with Crippen molar-refractivity contribution in [2.24, 2.45) is 0 Å². The maximum atomic E-state index is 11.7. The lowest BCUT2D eigenvalue weighted by Crippen LogP contribution is -2.25. The van der Waals surface area contributed by atoms with Crippen molar-refractivity contribution < 1.29 is 14.3 Å². The van der Waals surface area contributed by atoms with Crippen LogP contribution in [0.25, 0.3) is 0 Å². The largest absolute Gasteiger partial charge is 0.460 e. The molecular weight excluding hydrogens is 252 g/mol. The monoisotopic (exact) mass is 268 g/mol. The van der Waals surface area contributed by atoms with Crippen molar-refractivity contribution in [2.75, 3.05) is 0 Å². The number of rotatable bonds is 3. The van der Waals surface area contributed by atoms with Gasteiger partial charge in [0, 0.05) is 5.56 Å². The van der Waals surface area contributed by atoms with Gasteiger partial charge in [-0.25, -0.2) is 0 Å². The summed E-state index contributed by atoms with van der Waals surface area (Å²) in [4.78, 5) is 23.0. The molecule has 0 bridgehead atoms. The molecule has 98 valence electrons. The van der Waals surface area contributed by atoms with Gasteiger partial charge in [0.25, 0.3) is 0 Å². The molecule has 0 amide bonds. The third-order valence-electron chi connectivity index (χ3n) is 2.21. The molecule has 4 heteroatoms. The summed E-state index contributed by atoms with van der Waals surface area (Å²) < 4.78 is 5.21. The number of carbonyl (C=O) groups excluding carboxylic acids is 2. The molecule has 0 aromatic heterocycles. The van der Waals surface area contributed by atoms with Crippen LogP contribution in [-0.2, 0) is 16.0 Å². The van der Waals surface area contributed by atoms with Crippen LogP contribution >= 0.6 is 11.6 Å². The van der Waals surface area contributed by atoms with Crippen molar-refractivity contribution in [2.45, 2.75) is 39.7 Å². The zero-order valence-electron chi connectivity index (χ0n) is 11.0. The van der Waals surface area contributed by atoms with Crippen molar-refractivity contribution >= 4 is 23.4 Å². The van der Waals surface area contributed by atoms with E-state index in [2.05, 4.69) is 0 Å². The minimum atomic E-state index is -0.526. The van der Waals surface area contributed by atoms with Crippen LogP contribution < -0.4 is 0 Å². The highest BCUT2D eigenvalue weighted by Gasteiger charge is 2.18. The molecule has 0 aliphatic rings. The molecule has 0 aliphatic heterocycles. The second kappa shape index (κ2) is 5.53. The second-order valence-electron chi connectivity index (χ2n) is 5.10. The van der Waals surface area contributed by atoms with Gasteiger partial charge in [-0.15, -0.1) is 0 Å². The Balaban J connectivity index is 2.89. The molecule has 0 saturated heterocycles. The van der Waals surface area contributed by atoms with E-state index >= 15 is 0 Å². The molecule has 18 heavy (non-hydrogen) atoms. The van der Waals surface area contributed by atoms with Gasteiger partial charge < -0.3 is 4.74 Å². The van der Waals surface area contributed by atoms with Gasteiger partial charge in [-0.1, -0.05) is 23.7 Å². The summed E-state index contributed by atoms with van der Waals surface area (Å²) in [5, 5.41) is 0.329. The predicted octanol–water partition coefficient (Wildman–Crippen LogP) is 3.43. The van der Waals surface area contributed by atoms with Crippen molar-refractivity contribution in [3.8, 4) is 0 Å². The van der Waals surface area contributed by atoms with E-state index in [-0.39, 0.29) is 18.2 Å². The molecule has 0 aliphatic carbocycles. The first-order chi connectivity index (χ1) is 8.20. The summed E-state index contributed by atoms with van der Waals surface area (Å²) in [6, 6.07) is 5.07. The molecule has 1 rings (SSSR count). The molecule has 0 atom stereocenters. The lowest BCUT2D eigenvalue weighted by atomic mass is 10.1. The highest BCUT2D eigenvalue weighted by molar-refractivity contribution is 6.34. The zero-order chi connectivity index (χ0) is 13.9. The predicted molar refractivity (Wildman–Crippen MR) is 71.0 cm³/mol. The number of ketones is 1. The van der Waals surface area contributed by atoms with Crippen LogP contribution in [0.4, 0.5) is 0 Å². The van der Waals surface area contributed by atoms with Gasteiger partial charge >= 0.3 is 5.97 Å². The number of halogens is 1. The highest BCUT2D eigenvalue weighted by Crippen LogP contribution is 2.23. The molecule has 1 aromatic carbocycles.